The molecule has 1 atom stereocenters. The second-order valence-electron chi connectivity index (χ2n) is 5.29. The van der Waals surface area contributed by atoms with E-state index in [1.165, 1.54) is 25.8 Å². The van der Waals surface area contributed by atoms with Crippen molar-refractivity contribution < 1.29 is 9.47 Å². The molecule has 15 heavy (non-hydrogen) atoms. The van der Waals surface area contributed by atoms with Crippen LogP contribution >= 0.6 is 0 Å². The molecule has 3 heteroatoms. The fourth-order valence-electron chi connectivity index (χ4n) is 2.25. The van der Waals surface area contributed by atoms with E-state index >= 15 is 0 Å². The van der Waals surface area contributed by atoms with Crippen molar-refractivity contribution in [2.75, 3.05) is 33.0 Å². The number of ether oxygens (including phenoxy) is 2. The zero-order chi connectivity index (χ0) is 10.6. The minimum absolute atomic E-state index is 0.306. The summed E-state index contributed by atoms with van der Waals surface area (Å²) in [6.07, 6.45) is 5.21. The predicted octanol–water partition coefficient (Wildman–Crippen LogP) is 1.57. The molecule has 0 aromatic carbocycles. The molecule has 0 unspecified atom stereocenters. The summed E-state index contributed by atoms with van der Waals surface area (Å²) < 4.78 is 10.9. The molecule has 2 saturated heterocycles. The number of piperidine rings is 1. The lowest BCUT2D eigenvalue weighted by molar-refractivity contribution is -0.138. The van der Waals surface area contributed by atoms with Crippen LogP contribution in [0, 0.1) is 5.41 Å². The van der Waals surface area contributed by atoms with Crippen molar-refractivity contribution in [2.24, 2.45) is 5.41 Å². The van der Waals surface area contributed by atoms with Crippen LogP contribution in [0.4, 0.5) is 0 Å². The summed E-state index contributed by atoms with van der Waals surface area (Å²) in [5, 5.41) is 3.54. The minimum Gasteiger partial charge on any atom is -0.381 e. The van der Waals surface area contributed by atoms with Gasteiger partial charge in [-0.25, -0.2) is 0 Å². The van der Waals surface area contributed by atoms with E-state index < -0.39 is 0 Å². The topological polar surface area (TPSA) is 30.5 Å². The van der Waals surface area contributed by atoms with Crippen molar-refractivity contribution >= 4 is 0 Å². The fraction of sp³-hybridized carbons (Fsp3) is 1.00. The van der Waals surface area contributed by atoms with Gasteiger partial charge in [0.25, 0.3) is 0 Å². The highest BCUT2D eigenvalue weighted by Gasteiger charge is 2.33. The average molecular weight is 213 g/mol. The van der Waals surface area contributed by atoms with Gasteiger partial charge in [0.1, 0.15) is 0 Å². The van der Waals surface area contributed by atoms with Crippen LogP contribution in [0.3, 0.4) is 0 Å². The van der Waals surface area contributed by atoms with E-state index in [0.717, 1.165) is 32.8 Å². The molecule has 0 aromatic heterocycles. The number of hydrogen-bond acceptors (Lipinski definition) is 3. The molecule has 0 aromatic rings. The van der Waals surface area contributed by atoms with Crippen LogP contribution in [0.1, 0.15) is 32.6 Å². The minimum atomic E-state index is 0.306. The first-order valence-electron chi connectivity index (χ1n) is 6.17. The Bertz CT molecular complexity index is 186. The van der Waals surface area contributed by atoms with Crippen LogP contribution < -0.4 is 5.32 Å². The lowest BCUT2D eigenvalue weighted by Crippen LogP contribution is -2.44. The van der Waals surface area contributed by atoms with Gasteiger partial charge < -0.3 is 14.8 Å². The second-order valence-corrected chi connectivity index (χ2v) is 5.29. The van der Waals surface area contributed by atoms with Gasteiger partial charge in [-0.15, -0.1) is 0 Å². The Balaban J connectivity index is 1.50. The summed E-state index contributed by atoms with van der Waals surface area (Å²) in [7, 11) is 0. The van der Waals surface area contributed by atoms with Crippen LogP contribution in [0.25, 0.3) is 0 Å². The molecule has 0 spiro atoms. The van der Waals surface area contributed by atoms with E-state index in [9.17, 15) is 0 Å². The molecule has 2 fully saturated rings. The zero-order valence-corrected chi connectivity index (χ0v) is 9.76. The fourth-order valence-corrected chi connectivity index (χ4v) is 2.25. The molecule has 2 aliphatic heterocycles. The van der Waals surface area contributed by atoms with Gasteiger partial charge in [-0.3, -0.25) is 0 Å². The van der Waals surface area contributed by atoms with Gasteiger partial charge >= 0.3 is 0 Å². The van der Waals surface area contributed by atoms with Crippen molar-refractivity contribution in [3.63, 3.8) is 0 Å². The van der Waals surface area contributed by atoms with Crippen molar-refractivity contribution in [1.29, 1.82) is 0 Å². The highest BCUT2D eigenvalue weighted by molar-refractivity contribution is 4.80. The van der Waals surface area contributed by atoms with E-state index in [2.05, 4.69) is 12.2 Å². The van der Waals surface area contributed by atoms with Crippen LogP contribution in [-0.4, -0.2) is 39.0 Å². The summed E-state index contributed by atoms with van der Waals surface area (Å²) in [5.74, 6) is 0. The van der Waals surface area contributed by atoms with Crippen molar-refractivity contribution in [2.45, 2.75) is 38.6 Å². The standard InChI is InChI=1S/C12H23NO2/c1-12(9-15-10-12)8-14-7-5-11-4-2-3-6-13-11/h11,13H,2-10H2,1H3/t11-/m1/s1. The molecule has 0 saturated carbocycles. The molecule has 2 heterocycles. The first-order chi connectivity index (χ1) is 7.29. The maximum absolute atomic E-state index is 5.72. The van der Waals surface area contributed by atoms with Crippen molar-refractivity contribution in [1.82, 2.24) is 5.32 Å². The van der Waals surface area contributed by atoms with Gasteiger partial charge in [0.05, 0.1) is 19.8 Å². The Morgan fingerprint density at radius 2 is 2.27 bits per heavy atom. The first kappa shape index (κ1) is 11.4. The molecule has 1 N–H and O–H groups in total. The third kappa shape index (κ3) is 3.44. The quantitative estimate of drug-likeness (QED) is 0.703. The van der Waals surface area contributed by atoms with Crippen LogP contribution in [0.5, 0.6) is 0 Å². The highest BCUT2D eigenvalue weighted by Crippen LogP contribution is 2.26. The molecular weight excluding hydrogens is 190 g/mol. The largest absolute Gasteiger partial charge is 0.381 e. The van der Waals surface area contributed by atoms with Gasteiger partial charge in [-0.2, -0.15) is 0 Å². The van der Waals surface area contributed by atoms with E-state index in [1.54, 1.807) is 0 Å². The SMILES string of the molecule is CC1(COCC[C@H]2CCCCN2)COC1. The summed E-state index contributed by atoms with van der Waals surface area (Å²) in [4.78, 5) is 0. The molecule has 88 valence electrons. The van der Waals surface area contributed by atoms with Crippen molar-refractivity contribution in [3.05, 3.63) is 0 Å². The Morgan fingerprint density at radius 3 is 2.87 bits per heavy atom. The lowest BCUT2D eigenvalue weighted by atomic mass is 9.90. The third-order valence-corrected chi connectivity index (χ3v) is 3.37. The Labute approximate surface area is 92.5 Å². The summed E-state index contributed by atoms with van der Waals surface area (Å²) in [6, 6.07) is 0.698. The number of rotatable bonds is 5. The molecule has 0 aliphatic carbocycles. The van der Waals surface area contributed by atoms with Crippen LogP contribution in [0.2, 0.25) is 0 Å². The predicted molar refractivity (Wildman–Crippen MR) is 60.0 cm³/mol. The lowest BCUT2D eigenvalue weighted by Gasteiger charge is -2.37. The van der Waals surface area contributed by atoms with E-state index in [1.807, 2.05) is 0 Å². The molecular formula is C12H23NO2. The third-order valence-electron chi connectivity index (χ3n) is 3.37. The Morgan fingerprint density at radius 1 is 1.40 bits per heavy atom. The summed E-state index contributed by atoms with van der Waals surface area (Å²) in [6.45, 7) is 6.92. The summed E-state index contributed by atoms with van der Waals surface area (Å²) in [5.41, 5.74) is 0.306. The van der Waals surface area contributed by atoms with E-state index in [-0.39, 0.29) is 0 Å². The van der Waals surface area contributed by atoms with E-state index in [0.29, 0.717) is 11.5 Å². The van der Waals surface area contributed by atoms with Gasteiger partial charge in [0.15, 0.2) is 0 Å². The molecule has 0 radical (unpaired) electrons. The Hall–Kier alpha value is -0.120. The second kappa shape index (κ2) is 5.28. The van der Waals surface area contributed by atoms with Gasteiger partial charge in [-0.1, -0.05) is 13.3 Å². The first-order valence-corrected chi connectivity index (χ1v) is 6.17. The molecule has 0 amide bonds. The number of nitrogens with one attached hydrogen (secondary N) is 1. The molecule has 0 bridgehead atoms. The van der Waals surface area contributed by atoms with Gasteiger partial charge in [0.2, 0.25) is 0 Å². The molecule has 3 nitrogen and oxygen atoms in total. The van der Waals surface area contributed by atoms with Crippen LogP contribution in [0.15, 0.2) is 0 Å². The number of hydrogen-bond donors (Lipinski definition) is 1. The highest BCUT2D eigenvalue weighted by atomic mass is 16.5. The maximum Gasteiger partial charge on any atom is 0.0564 e. The Kier molecular flexibility index (Phi) is 4.00. The molecule has 2 rings (SSSR count). The monoisotopic (exact) mass is 213 g/mol. The average Bonchev–Trinajstić information content (AvgIpc) is 2.23. The normalized spacial score (nSPS) is 29.8. The van der Waals surface area contributed by atoms with E-state index in [4.69, 9.17) is 9.47 Å². The van der Waals surface area contributed by atoms with Gasteiger partial charge in [0, 0.05) is 18.1 Å². The summed E-state index contributed by atoms with van der Waals surface area (Å²) >= 11 is 0. The smallest absolute Gasteiger partial charge is 0.0564 e. The zero-order valence-electron chi connectivity index (χ0n) is 9.76. The maximum atomic E-state index is 5.72. The van der Waals surface area contributed by atoms with Crippen molar-refractivity contribution in [3.8, 4) is 0 Å². The molecule has 2 aliphatic rings. The van der Waals surface area contributed by atoms with Crippen LogP contribution in [-0.2, 0) is 9.47 Å². The van der Waals surface area contributed by atoms with Gasteiger partial charge in [-0.05, 0) is 25.8 Å².